The minimum absolute atomic E-state index is 0.0891. The maximum absolute atomic E-state index is 14.4. The van der Waals surface area contributed by atoms with Crippen LogP contribution < -0.4 is 5.32 Å². The Morgan fingerprint density at radius 3 is 2.38 bits per heavy atom. The van der Waals surface area contributed by atoms with Gasteiger partial charge in [0.25, 0.3) is 0 Å². The lowest BCUT2D eigenvalue weighted by Gasteiger charge is -2.20. The molecule has 0 aromatic heterocycles. The van der Waals surface area contributed by atoms with Crippen LogP contribution in [0.1, 0.15) is 32.3 Å². The van der Waals surface area contributed by atoms with Gasteiger partial charge in [-0.3, -0.25) is 9.69 Å². The van der Waals surface area contributed by atoms with Crippen LogP contribution in [0.15, 0.2) is 48.5 Å². The van der Waals surface area contributed by atoms with Crippen molar-refractivity contribution in [3.05, 3.63) is 59.9 Å². The molecule has 0 saturated carbocycles. The number of amides is 1. The fourth-order valence-corrected chi connectivity index (χ4v) is 2.59. The Morgan fingerprint density at radius 1 is 1.12 bits per heavy atom. The molecule has 2 aromatic rings. The molecule has 0 saturated heterocycles. The average Bonchev–Trinajstić information content (AvgIpc) is 2.62. The topological polar surface area (TPSA) is 32.3 Å². The van der Waals surface area contributed by atoms with Crippen molar-refractivity contribution in [2.45, 2.75) is 26.7 Å². The number of rotatable bonds is 7. The number of benzene rings is 2. The fraction of sp³-hybridized carbons (Fsp3) is 0.350. The van der Waals surface area contributed by atoms with Crippen LogP contribution in [0.25, 0.3) is 11.1 Å². The van der Waals surface area contributed by atoms with Crippen molar-refractivity contribution in [1.82, 2.24) is 10.2 Å². The van der Waals surface area contributed by atoms with Crippen LogP contribution >= 0.6 is 0 Å². The molecule has 0 aliphatic carbocycles. The first-order valence-corrected chi connectivity index (χ1v) is 8.41. The van der Waals surface area contributed by atoms with Crippen LogP contribution in [-0.2, 0) is 4.79 Å². The van der Waals surface area contributed by atoms with E-state index in [2.05, 4.69) is 24.1 Å². The maximum Gasteiger partial charge on any atom is 0.228 e. The summed E-state index contributed by atoms with van der Waals surface area (Å²) in [5, 5.41) is 2.91. The highest BCUT2D eigenvalue weighted by Gasteiger charge is 2.17. The zero-order chi connectivity index (χ0) is 17.5. The summed E-state index contributed by atoms with van der Waals surface area (Å²) < 4.78 is 14.4. The molecule has 1 amide bonds. The van der Waals surface area contributed by atoms with Crippen molar-refractivity contribution in [2.24, 2.45) is 0 Å². The fourth-order valence-electron chi connectivity index (χ4n) is 2.59. The Morgan fingerprint density at radius 2 is 1.79 bits per heavy atom. The van der Waals surface area contributed by atoms with E-state index in [0.29, 0.717) is 17.8 Å². The predicted octanol–water partition coefficient (Wildman–Crippen LogP) is 4.01. The molecular formula is C20H25FN2O. The van der Waals surface area contributed by atoms with Crippen LogP contribution in [0.3, 0.4) is 0 Å². The SMILES string of the molecule is CCN(CC)CNC(=O)C(C)c1ccc(-c2ccccc2)c(F)c1. The van der Waals surface area contributed by atoms with E-state index in [1.165, 1.54) is 6.07 Å². The highest BCUT2D eigenvalue weighted by atomic mass is 19.1. The molecule has 0 bridgehead atoms. The molecular weight excluding hydrogens is 303 g/mol. The van der Waals surface area contributed by atoms with Gasteiger partial charge in [0.05, 0.1) is 12.6 Å². The first kappa shape index (κ1) is 18.1. The number of hydrogen-bond acceptors (Lipinski definition) is 2. The number of carbonyl (C=O) groups is 1. The highest BCUT2D eigenvalue weighted by Crippen LogP contribution is 2.26. The molecule has 128 valence electrons. The van der Waals surface area contributed by atoms with E-state index in [1.54, 1.807) is 13.0 Å². The Kier molecular flexibility index (Phi) is 6.50. The average molecular weight is 328 g/mol. The van der Waals surface area contributed by atoms with Crippen molar-refractivity contribution < 1.29 is 9.18 Å². The first-order chi connectivity index (χ1) is 11.6. The van der Waals surface area contributed by atoms with Gasteiger partial charge in [0.2, 0.25) is 5.91 Å². The van der Waals surface area contributed by atoms with Gasteiger partial charge in [0.15, 0.2) is 0 Å². The summed E-state index contributed by atoms with van der Waals surface area (Å²) in [6.07, 6.45) is 0. The Labute approximate surface area is 143 Å². The molecule has 2 aromatic carbocycles. The standard InChI is InChI=1S/C20H25FN2O/c1-4-23(5-2)14-22-20(24)15(3)17-11-12-18(19(21)13-17)16-9-7-6-8-10-16/h6-13,15H,4-5,14H2,1-3H3,(H,22,24). The molecule has 0 spiro atoms. The molecule has 1 N–H and O–H groups in total. The van der Waals surface area contributed by atoms with E-state index in [0.717, 1.165) is 18.7 Å². The van der Waals surface area contributed by atoms with Crippen molar-refractivity contribution in [3.63, 3.8) is 0 Å². The highest BCUT2D eigenvalue weighted by molar-refractivity contribution is 5.83. The molecule has 1 atom stereocenters. The van der Waals surface area contributed by atoms with Crippen LogP contribution in [0, 0.1) is 5.82 Å². The van der Waals surface area contributed by atoms with Gasteiger partial charge in [-0.1, -0.05) is 56.3 Å². The smallest absolute Gasteiger partial charge is 0.228 e. The van der Waals surface area contributed by atoms with Crippen molar-refractivity contribution in [1.29, 1.82) is 0 Å². The monoisotopic (exact) mass is 328 g/mol. The Bertz CT molecular complexity index is 669. The van der Waals surface area contributed by atoms with E-state index in [4.69, 9.17) is 0 Å². The van der Waals surface area contributed by atoms with Gasteiger partial charge in [-0.2, -0.15) is 0 Å². The van der Waals surface area contributed by atoms with Crippen LogP contribution in [0.2, 0.25) is 0 Å². The third kappa shape index (κ3) is 4.42. The summed E-state index contributed by atoms with van der Waals surface area (Å²) in [5.74, 6) is -0.782. The molecule has 3 nitrogen and oxygen atoms in total. The lowest BCUT2D eigenvalue weighted by atomic mass is 9.96. The van der Waals surface area contributed by atoms with Gasteiger partial charge in [-0.15, -0.1) is 0 Å². The molecule has 0 aliphatic heterocycles. The second kappa shape index (κ2) is 8.60. The third-order valence-electron chi connectivity index (χ3n) is 4.34. The molecule has 1 unspecified atom stereocenters. The lowest BCUT2D eigenvalue weighted by Crippen LogP contribution is -2.39. The molecule has 0 heterocycles. The summed E-state index contributed by atoms with van der Waals surface area (Å²) in [5.41, 5.74) is 2.07. The van der Waals surface area contributed by atoms with Gasteiger partial charge < -0.3 is 5.32 Å². The summed E-state index contributed by atoms with van der Waals surface area (Å²) >= 11 is 0. The lowest BCUT2D eigenvalue weighted by molar-refractivity contribution is -0.122. The number of hydrogen-bond donors (Lipinski definition) is 1. The molecule has 24 heavy (non-hydrogen) atoms. The van der Waals surface area contributed by atoms with Crippen molar-refractivity contribution in [2.75, 3.05) is 19.8 Å². The maximum atomic E-state index is 14.4. The number of nitrogens with one attached hydrogen (secondary N) is 1. The van der Waals surface area contributed by atoms with Crippen LogP contribution in [0.4, 0.5) is 4.39 Å². The minimum Gasteiger partial charge on any atom is -0.343 e. The molecule has 4 heteroatoms. The minimum atomic E-state index is -0.389. The summed E-state index contributed by atoms with van der Waals surface area (Å²) in [7, 11) is 0. The molecule has 0 fully saturated rings. The van der Waals surface area contributed by atoms with E-state index < -0.39 is 0 Å². The van der Waals surface area contributed by atoms with Gasteiger partial charge in [-0.05, 0) is 37.2 Å². The van der Waals surface area contributed by atoms with Gasteiger partial charge >= 0.3 is 0 Å². The van der Waals surface area contributed by atoms with E-state index in [-0.39, 0.29) is 17.6 Å². The normalized spacial score (nSPS) is 12.2. The third-order valence-corrected chi connectivity index (χ3v) is 4.34. The van der Waals surface area contributed by atoms with E-state index >= 15 is 0 Å². The van der Waals surface area contributed by atoms with Gasteiger partial charge in [-0.25, -0.2) is 4.39 Å². The number of nitrogens with zero attached hydrogens (tertiary/aromatic N) is 1. The quantitative estimate of drug-likeness (QED) is 0.779. The zero-order valence-electron chi connectivity index (χ0n) is 14.6. The number of halogens is 1. The van der Waals surface area contributed by atoms with E-state index in [9.17, 15) is 9.18 Å². The van der Waals surface area contributed by atoms with Gasteiger partial charge in [0.1, 0.15) is 5.82 Å². The molecule has 2 rings (SSSR count). The first-order valence-electron chi connectivity index (χ1n) is 8.41. The second-order valence-electron chi connectivity index (χ2n) is 5.83. The van der Waals surface area contributed by atoms with Crippen LogP contribution in [-0.4, -0.2) is 30.6 Å². The second-order valence-corrected chi connectivity index (χ2v) is 5.83. The number of carbonyl (C=O) groups excluding carboxylic acids is 1. The predicted molar refractivity (Wildman–Crippen MR) is 96.2 cm³/mol. The zero-order valence-corrected chi connectivity index (χ0v) is 14.6. The summed E-state index contributed by atoms with van der Waals surface area (Å²) in [6.45, 7) is 8.18. The summed E-state index contributed by atoms with van der Waals surface area (Å²) in [6, 6.07) is 14.4. The molecule has 0 aliphatic rings. The molecule has 0 radical (unpaired) electrons. The van der Waals surface area contributed by atoms with Crippen molar-refractivity contribution >= 4 is 5.91 Å². The van der Waals surface area contributed by atoms with Crippen LogP contribution in [0.5, 0.6) is 0 Å². The van der Waals surface area contributed by atoms with E-state index in [1.807, 2.05) is 36.4 Å². The Balaban J connectivity index is 2.09. The Hall–Kier alpha value is -2.20. The van der Waals surface area contributed by atoms with Gasteiger partial charge in [0, 0.05) is 5.56 Å². The summed E-state index contributed by atoms with van der Waals surface area (Å²) in [4.78, 5) is 14.4. The largest absolute Gasteiger partial charge is 0.343 e. The van der Waals surface area contributed by atoms with Crippen molar-refractivity contribution in [3.8, 4) is 11.1 Å².